The molecule has 2 aromatic heterocycles. The summed E-state index contributed by atoms with van der Waals surface area (Å²) in [5.41, 5.74) is 14.4. The van der Waals surface area contributed by atoms with Crippen molar-refractivity contribution in [1.29, 1.82) is 0 Å². The molecule has 10 aromatic carbocycles. The van der Waals surface area contributed by atoms with E-state index >= 15 is 0 Å². The maximum Gasteiger partial charge on any atom is 0.160 e. The molecule has 0 spiro atoms. The second-order valence-corrected chi connectivity index (χ2v) is 15.8. The number of nitrogens with zero attached hydrogens (tertiary/aromatic N) is 3. The van der Waals surface area contributed by atoms with Crippen LogP contribution in [0, 0.1) is 0 Å². The zero-order valence-electron chi connectivity index (χ0n) is 33.2. The third-order valence-electron chi connectivity index (χ3n) is 12.2. The molecule has 0 N–H and O–H groups in total. The molecular formula is C58H37N3. The Labute approximate surface area is 353 Å². The molecular weight excluding hydrogens is 739 g/mol. The van der Waals surface area contributed by atoms with Gasteiger partial charge < -0.3 is 4.57 Å². The molecule has 284 valence electrons. The lowest BCUT2D eigenvalue weighted by Crippen LogP contribution is -1.97. The van der Waals surface area contributed by atoms with Gasteiger partial charge in [0.15, 0.2) is 5.82 Å². The Morgan fingerprint density at radius 2 is 0.770 bits per heavy atom. The van der Waals surface area contributed by atoms with Crippen molar-refractivity contribution in [2.45, 2.75) is 0 Å². The predicted molar refractivity (Wildman–Crippen MR) is 256 cm³/mol. The summed E-state index contributed by atoms with van der Waals surface area (Å²) in [7, 11) is 0. The molecule has 0 aliphatic carbocycles. The van der Waals surface area contributed by atoms with Crippen LogP contribution in [0.4, 0.5) is 0 Å². The van der Waals surface area contributed by atoms with Crippen LogP contribution >= 0.6 is 0 Å². The summed E-state index contributed by atoms with van der Waals surface area (Å²) in [5, 5.41) is 8.33. The average Bonchev–Trinajstić information content (AvgIpc) is 3.65. The smallest absolute Gasteiger partial charge is 0.160 e. The minimum atomic E-state index is 0.697. The Balaban J connectivity index is 0.984. The van der Waals surface area contributed by atoms with Crippen molar-refractivity contribution in [3.63, 3.8) is 0 Å². The number of hydrogen-bond donors (Lipinski definition) is 0. The molecule has 12 rings (SSSR count). The van der Waals surface area contributed by atoms with Crippen molar-refractivity contribution >= 4 is 54.3 Å². The van der Waals surface area contributed by atoms with Gasteiger partial charge in [-0.15, -0.1) is 0 Å². The van der Waals surface area contributed by atoms with Gasteiger partial charge in [-0.05, 0) is 122 Å². The molecule has 0 fully saturated rings. The molecule has 0 bridgehead atoms. The van der Waals surface area contributed by atoms with Gasteiger partial charge in [-0.1, -0.05) is 158 Å². The fraction of sp³-hybridized carbons (Fsp3) is 0. The maximum absolute atomic E-state index is 5.38. The van der Waals surface area contributed by atoms with E-state index in [1.165, 1.54) is 65.6 Å². The van der Waals surface area contributed by atoms with Crippen LogP contribution in [0.25, 0.3) is 116 Å². The monoisotopic (exact) mass is 775 g/mol. The second kappa shape index (κ2) is 14.3. The van der Waals surface area contributed by atoms with Crippen LogP contribution in [-0.4, -0.2) is 14.5 Å². The van der Waals surface area contributed by atoms with E-state index in [4.69, 9.17) is 9.97 Å². The average molecular weight is 776 g/mol. The molecule has 3 heteroatoms. The van der Waals surface area contributed by atoms with Gasteiger partial charge >= 0.3 is 0 Å². The van der Waals surface area contributed by atoms with E-state index in [1.54, 1.807) is 0 Å². The van der Waals surface area contributed by atoms with E-state index in [1.807, 2.05) is 0 Å². The number of rotatable bonds is 6. The molecule has 0 aliphatic heterocycles. The number of aromatic nitrogens is 3. The van der Waals surface area contributed by atoms with Gasteiger partial charge in [-0.25, -0.2) is 9.97 Å². The first kappa shape index (κ1) is 34.9. The summed E-state index contributed by atoms with van der Waals surface area (Å²) < 4.78 is 2.39. The molecule has 0 saturated carbocycles. The lowest BCUT2D eigenvalue weighted by Gasteiger charge is -2.13. The lowest BCUT2D eigenvalue weighted by molar-refractivity contribution is 1.17. The van der Waals surface area contributed by atoms with Crippen LogP contribution in [0.3, 0.4) is 0 Å². The van der Waals surface area contributed by atoms with Gasteiger partial charge in [0.2, 0.25) is 0 Å². The number of hydrogen-bond acceptors (Lipinski definition) is 2. The first-order chi connectivity index (χ1) is 30.2. The number of fused-ring (bicyclic) bond motifs is 6. The van der Waals surface area contributed by atoms with Crippen LogP contribution < -0.4 is 0 Å². The van der Waals surface area contributed by atoms with Crippen molar-refractivity contribution in [3.8, 4) is 61.7 Å². The third-order valence-corrected chi connectivity index (χ3v) is 12.2. The van der Waals surface area contributed by atoms with Crippen LogP contribution in [0.5, 0.6) is 0 Å². The molecule has 3 nitrogen and oxygen atoms in total. The van der Waals surface area contributed by atoms with Gasteiger partial charge in [-0.2, -0.15) is 0 Å². The summed E-state index contributed by atoms with van der Waals surface area (Å²) in [4.78, 5) is 10.6. The third kappa shape index (κ3) is 6.14. The van der Waals surface area contributed by atoms with Gasteiger partial charge in [0, 0.05) is 33.0 Å². The highest BCUT2D eigenvalue weighted by Crippen LogP contribution is 2.39. The predicted octanol–water partition coefficient (Wildman–Crippen LogP) is 15.4. The van der Waals surface area contributed by atoms with Crippen LogP contribution in [0.1, 0.15) is 0 Å². The first-order valence-electron chi connectivity index (χ1n) is 20.8. The Morgan fingerprint density at radius 3 is 1.48 bits per heavy atom. The molecule has 0 atom stereocenters. The molecule has 2 heterocycles. The minimum absolute atomic E-state index is 0.697. The van der Waals surface area contributed by atoms with Gasteiger partial charge in [0.05, 0.1) is 22.2 Å². The molecule has 0 radical (unpaired) electrons. The standard InChI is InChI=1S/C58H37N3/c1-3-11-38(12-4-1)41-19-21-42(22-20-41)47-27-31-54-53(36-47)57(49-24-23-40-15-7-8-16-44(40)33-49)60-58(59-54)43-25-29-50(30-26-43)61-55-32-28-48(39-13-5-2-6-14-39)35-51(55)52-34-45-17-9-10-18-46(45)37-56(52)61/h1-37H. The maximum atomic E-state index is 5.38. The Morgan fingerprint density at radius 1 is 0.279 bits per heavy atom. The molecule has 0 aliphatic rings. The SMILES string of the molecule is c1ccc(-c2ccc(-c3ccc4nc(-c5ccc(-n6c7ccc(-c8ccccc8)cc7c7cc8ccccc8cc76)cc5)nc(-c5ccc6ccccc6c5)c4c3)cc2)cc1. The van der Waals surface area contributed by atoms with Gasteiger partial charge in [0.25, 0.3) is 0 Å². The van der Waals surface area contributed by atoms with Crippen molar-refractivity contribution in [1.82, 2.24) is 14.5 Å². The van der Waals surface area contributed by atoms with Crippen molar-refractivity contribution in [2.24, 2.45) is 0 Å². The van der Waals surface area contributed by atoms with Crippen LogP contribution in [0.15, 0.2) is 224 Å². The Bertz CT molecular complexity index is 3610. The Hall–Kier alpha value is -8.14. The van der Waals surface area contributed by atoms with Crippen molar-refractivity contribution in [2.75, 3.05) is 0 Å². The summed E-state index contributed by atoms with van der Waals surface area (Å²) in [6, 6.07) is 80.6. The van der Waals surface area contributed by atoms with E-state index in [-0.39, 0.29) is 0 Å². The molecule has 12 aromatic rings. The summed E-state index contributed by atoms with van der Waals surface area (Å²) in [6.45, 7) is 0. The van der Waals surface area contributed by atoms with E-state index in [2.05, 4.69) is 229 Å². The highest BCUT2D eigenvalue weighted by molar-refractivity contribution is 6.14. The van der Waals surface area contributed by atoms with E-state index in [0.29, 0.717) is 5.82 Å². The molecule has 0 unspecified atom stereocenters. The second-order valence-electron chi connectivity index (χ2n) is 15.8. The van der Waals surface area contributed by atoms with Crippen LogP contribution in [-0.2, 0) is 0 Å². The van der Waals surface area contributed by atoms with Crippen LogP contribution in [0.2, 0.25) is 0 Å². The summed E-state index contributed by atoms with van der Waals surface area (Å²) in [6.07, 6.45) is 0. The minimum Gasteiger partial charge on any atom is -0.309 e. The highest BCUT2D eigenvalue weighted by Gasteiger charge is 2.17. The topological polar surface area (TPSA) is 30.7 Å². The van der Waals surface area contributed by atoms with Crippen molar-refractivity contribution in [3.05, 3.63) is 224 Å². The van der Waals surface area contributed by atoms with E-state index in [0.717, 1.165) is 44.5 Å². The fourth-order valence-electron chi connectivity index (χ4n) is 9.03. The Kier molecular flexibility index (Phi) is 8.17. The van der Waals surface area contributed by atoms with Gasteiger partial charge in [-0.3, -0.25) is 0 Å². The normalized spacial score (nSPS) is 11.6. The highest BCUT2D eigenvalue weighted by atomic mass is 15.0. The van der Waals surface area contributed by atoms with E-state index in [9.17, 15) is 0 Å². The van der Waals surface area contributed by atoms with Gasteiger partial charge in [0.1, 0.15) is 0 Å². The van der Waals surface area contributed by atoms with Crippen molar-refractivity contribution < 1.29 is 0 Å². The summed E-state index contributed by atoms with van der Waals surface area (Å²) >= 11 is 0. The van der Waals surface area contributed by atoms with E-state index < -0.39 is 0 Å². The number of benzene rings is 10. The largest absolute Gasteiger partial charge is 0.309 e. The lowest BCUT2D eigenvalue weighted by atomic mass is 9.97. The zero-order valence-corrected chi connectivity index (χ0v) is 33.2. The summed E-state index contributed by atoms with van der Waals surface area (Å²) in [5.74, 6) is 0.697. The molecule has 0 amide bonds. The fourth-order valence-corrected chi connectivity index (χ4v) is 9.03. The molecule has 61 heavy (non-hydrogen) atoms. The molecule has 0 saturated heterocycles. The quantitative estimate of drug-likeness (QED) is 0.168. The zero-order chi connectivity index (χ0) is 40.3. The first-order valence-corrected chi connectivity index (χ1v) is 20.8.